The van der Waals surface area contributed by atoms with Gasteiger partial charge >= 0.3 is 0 Å². The van der Waals surface area contributed by atoms with Gasteiger partial charge in [-0.15, -0.1) is 10.2 Å². The van der Waals surface area contributed by atoms with Crippen molar-refractivity contribution in [1.29, 1.82) is 0 Å². The van der Waals surface area contributed by atoms with E-state index in [1.807, 2.05) is 54.3 Å². The maximum absolute atomic E-state index is 12.8. The Hall–Kier alpha value is -2.80. The van der Waals surface area contributed by atoms with E-state index in [0.29, 0.717) is 18.8 Å². The minimum atomic E-state index is 0.183. The summed E-state index contributed by atoms with van der Waals surface area (Å²) in [4.78, 5) is 14.8. The normalized spacial score (nSPS) is 14.2. The van der Waals surface area contributed by atoms with Crippen molar-refractivity contribution >= 4 is 17.7 Å². The molecule has 0 radical (unpaired) electrons. The lowest BCUT2D eigenvalue weighted by Gasteiger charge is -2.20. The Kier molecular flexibility index (Phi) is 7.82. The number of hydrogen-bond acceptors (Lipinski definition) is 5. The summed E-state index contributed by atoms with van der Waals surface area (Å²) in [5.74, 6) is 2.24. The van der Waals surface area contributed by atoms with Crippen LogP contribution in [0.25, 0.3) is 5.69 Å². The van der Waals surface area contributed by atoms with E-state index >= 15 is 0 Å². The predicted molar refractivity (Wildman–Crippen MR) is 128 cm³/mol. The number of benzene rings is 2. The van der Waals surface area contributed by atoms with Crippen LogP contribution < -0.4 is 4.74 Å². The average Bonchev–Trinajstić information content (AvgIpc) is 3.02. The van der Waals surface area contributed by atoms with Crippen LogP contribution in [0.1, 0.15) is 44.0 Å². The van der Waals surface area contributed by atoms with E-state index in [1.165, 1.54) is 30.2 Å². The molecule has 4 rings (SSSR count). The van der Waals surface area contributed by atoms with Crippen molar-refractivity contribution in [1.82, 2.24) is 19.7 Å². The van der Waals surface area contributed by atoms with Crippen LogP contribution in [0, 0.1) is 0 Å². The maximum atomic E-state index is 12.8. The van der Waals surface area contributed by atoms with Crippen LogP contribution in [0.15, 0.2) is 59.8 Å². The quantitative estimate of drug-likeness (QED) is 0.464. The molecule has 2 aromatic carbocycles. The topological polar surface area (TPSA) is 60.2 Å². The Bertz CT molecular complexity index is 997. The van der Waals surface area contributed by atoms with Gasteiger partial charge in [-0.25, -0.2) is 0 Å². The molecule has 0 N–H and O–H groups in total. The van der Waals surface area contributed by atoms with E-state index in [1.54, 1.807) is 0 Å². The molecule has 0 aliphatic carbocycles. The van der Waals surface area contributed by atoms with Gasteiger partial charge in [0.2, 0.25) is 5.91 Å². The molecule has 1 saturated heterocycles. The highest BCUT2D eigenvalue weighted by atomic mass is 32.2. The Balaban J connectivity index is 1.56. The number of amides is 1. The van der Waals surface area contributed by atoms with Gasteiger partial charge in [0, 0.05) is 25.2 Å². The van der Waals surface area contributed by atoms with Crippen molar-refractivity contribution in [2.24, 2.45) is 0 Å². The first-order valence-electron chi connectivity index (χ1n) is 11.4. The number of hydrogen-bond donors (Lipinski definition) is 0. The van der Waals surface area contributed by atoms with Gasteiger partial charge in [-0.1, -0.05) is 54.9 Å². The number of aromatic nitrogens is 3. The van der Waals surface area contributed by atoms with Crippen LogP contribution in [0.4, 0.5) is 0 Å². The summed E-state index contributed by atoms with van der Waals surface area (Å²) in [5.41, 5.74) is 2.14. The lowest BCUT2D eigenvalue weighted by Crippen LogP contribution is -2.33. The number of rotatable bonds is 8. The number of carbonyl (C=O) groups is 1. The molecule has 0 atom stereocenters. The van der Waals surface area contributed by atoms with Crippen molar-refractivity contribution in [3.8, 4) is 11.4 Å². The van der Waals surface area contributed by atoms with Crippen molar-refractivity contribution in [2.75, 3.05) is 25.4 Å². The number of nitrogens with zero attached hydrogens (tertiary/aromatic N) is 4. The fourth-order valence-corrected chi connectivity index (χ4v) is 4.82. The minimum absolute atomic E-state index is 0.183. The molecule has 32 heavy (non-hydrogen) atoms. The zero-order valence-electron chi connectivity index (χ0n) is 18.6. The highest BCUT2D eigenvalue weighted by Crippen LogP contribution is 2.26. The van der Waals surface area contributed by atoms with E-state index in [-0.39, 0.29) is 5.91 Å². The molecule has 7 heteroatoms. The molecule has 0 unspecified atom stereocenters. The van der Waals surface area contributed by atoms with Crippen LogP contribution in [0.2, 0.25) is 0 Å². The van der Waals surface area contributed by atoms with Gasteiger partial charge in [0.25, 0.3) is 0 Å². The molecule has 1 aliphatic rings. The van der Waals surface area contributed by atoms with Gasteiger partial charge in [0.15, 0.2) is 5.16 Å². The van der Waals surface area contributed by atoms with Crippen LogP contribution in [-0.2, 0) is 11.2 Å². The third kappa shape index (κ3) is 5.71. The fraction of sp³-hybridized carbons (Fsp3) is 0.400. The molecule has 1 fully saturated rings. The van der Waals surface area contributed by atoms with Gasteiger partial charge in [-0.3, -0.25) is 9.36 Å². The molecule has 0 saturated carbocycles. The lowest BCUT2D eigenvalue weighted by atomic mass is 10.1. The van der Waals surface area contributed by atoms with E-state index < -0.39 is 0 Å². The smallest absolute Gasteiger partial charge is 0.233 e. The average molecular weight is 451 g/mol. The van der Waals surface area contributed by atoms with Crippen molar-refractivity contribution in [3.05, 3.63) is 66.0 Å². The second-order valence-electron chi connectivity index (χ2n) is 7.91. The molecule has 2 heterocycles. The Morgan fingerprint density at radius 3 is 2.38 bits per heavy atom. The second kappa shape index (κ2) is 11.2. The van der Waals surface area contributed by atoms with Crippen LogP contribution >= 0.6 is 11.8 Å². The van der Waals surface area contributed by atoms with Crippen LogP contribution in [-0.4, -0.2) is 51.0 Å². The zero-order chi connectivity index (χ0) is 22.2. The third-order valence-corrected chi connectivity index (χ3v) is 6.51. The van der Waals surface area contributed by atoms with E-state index in [2.05, 4.69) is 26.9 Å². The highest BCUT2D eigenvalue weighted by Gasteiger charge is 2.20. The van der Waals surface area contributed by atoms with Crippen molar-refractivity contribution in [2.45, 2.75) is 44.2 Å². The Labute approximate surface area is 194 Å². The molecular weight excluding hydrogens is 420 g/mol. The summed E-state index contributed by atoms with van der Waals surface area (Å²) < 4.78 is 7.65. The van der Waals surface area contributed by atoms with Gasteiger partial charge < -0.3 is 9.64 Å². The van der Waals surface area contributed by atoms with Crippen molar-refractivity contribution in [3.63, 3.8) is 0 Å². The number of ether oxygens (including phenoxy) is 1. The first-order chi connectivity index (χ1) is 15.7. The zero-order valence-corrected chi connectivity index (χ0v) is 19.4. The van der Waals surface area contributed by atoms with Crippen molar-refractivity contribution < 1.29 is 9.53 Å². The first-order valence-corrected chi connectivity index (χ1v) is 12.3. The minimum Gasteiger partial charge on any atom is -0.494 e. The SMILES string of the molecule is CCOc1ccc(-n2c(Cc3ccccc3)nnc2SCC(=O)N2CCCCCC2)cc1. The molecule has 1 aromatic heterocycles. The van der Waals surface area contributed by atoms with Gasteiger partial charge in [0.05, 0.1) is 12.4 Å². The van der Waals surface area contributed by atoms with E-state index in [0.717, 1.165) is 48.3 Å². The van der Waals surface area contributed by atoms with Gasteiger partial charge in [0.1, 0.15) is 11.6 Å². The molecule has 0 spiro atoms. The number of carbonyl (C=O) groups excluding carboxylic acids is 1. The van der Waals surface area contributed by atoms with E-state index in [4.69, 9.17) is 4.74 Å². The maximum Gasteiger partial charge on any atom is 0.233 e. The molecule has 168 valence electrons. The fourth-order valence-electron chi connectivity index (χ4n) is 3.94. The summed E-state index contributed by atoms with van der Waals surface area (Å²) in [6.45, 7) is 4.33. The highest BCUT2D eigenvalue weighted by molar-refractivity contribution is 7.99. The molecule has 0 bridgehead atoms. The summed E-state index contributed by atoms with van der Waals surface area (Å²) in [6.07, 6.45) is 5.29. The Morgan fingerprint density at radius 1 is 0.969 bits per heavy atom. The Morgan fingerprint density at radius 2 is 1.69 bits per heavy atom. The second-order valence-corrected chi connectivity index (χ2v) is 8.85. The molecule has 6 nitrogen and oxygen atoms in total. The largest absolute Gasteiger partial charge is 0.494 e. The summed E-state index contributed by atoms with van der Waals surface area (Å²) in [7, 11) is 0. The lowest BCUT2D eigenvalue weighted by molar-refractivity contribution is -0.128. The number of likely N-dealkylation sites (tertiary alicyclic amines) is 1. The monoisotopic (exact) mass is 450 g/mol. The van der Waals surface area contributed by atoms with Crippen LogP contribution in [0.3, 0.4) is 0 Å². The van der Waals surface area contributed by atoms with Crippen LogP contribution in [0.5, 0.6) is 5.75 Å². The standard InChI is InChI=1S/C25H30N4O2S/c1-2-31-22-14-12-21(13-15-22)29-23(18-20-10-6-5-7-11-20)26-27-25(29)32-19-24(30)28-16-8-3-4-9-17-28/h5-7,10-15H,2-4,8-9,16-19H2,1H3. The summed E-state index contributed by atoms with van der Waals surface area (Å²) in [5, 5.41) is 9.68. The first kappa shape index (κ1) is 22.4. The summed E-state index contributed by atoms with van der Waals surface area (Å²) >= 11 is 1.46. The van der Waals surface area contributed by atoms with Gasteiger partial charge in [-0.2, -0.15) is 0 Å². The molecule has 1 aliphatic heterocycles. The molecule has 1 amide bonds. The summed E-state index contributed by atoms with van der Waals surface area (Å²) in [6, 6.07) is 18.2. The predicted octanol–water partition coefficient (Wildman–Crippen LogP) is 4.75. The number of thioether (sulfide) groups is 1. The van der Waals surface area contributed by atoms with E-state index in [9.17, 15) is 4.79 Å². The van der Waals surface area contributed by atoms with Gasteiger partial charge in [-0.05, 0) is 49.6 Å². The molecule has 3 aromatic rings. The molecular formula is C25H30N4O2S. The third-order valence-electron chi connectivity index (χ3n) is 5.59.